The zero-order valence-corrected chi connectivity index (χ0v) is 34.5. The molecule has 3 aliphatic rings. The number of nitrogens with one attached hydrogen (secondary N) is 4. The lowest BCUT2D eigenvalue weighted by Crippen LogP contribution is -2.54. The number of ether oxygens (including phenoxy) is 2. The molecule has 5 amide bonds. The summed E-state index contributed by atoms with van der Waals surface area (Å²) in [6, 6.07) is 18.8. The summed E-state index contributed by atoms with van der Waals surface area (Å²) >= 11 is 7.00. The Balaban J connectivity index is 0.788. The van der Waals surface area contributed by atoms with Crippen molar-refractivity contribution < 1.29 is 42.2 Å². The summed E-state index contributed by atoms with van der Waals surface area (Å²) in [5.74, 6) is -1.05. The number of carbonyl (C=O) groups is 5. The van der Waals surface area contributed by atoms with Gasteiger partial charge in [-0.2, -0.15) is 0 Å². The fourth-order valence-electron chi connectivity index (χ4n) is 7.15. The minimum Gasteiger partial charge on any atom is -0.395 e. The summed E-state index contributed by atoms with van der Waals surface area (Å²) in [5.41, 5.74) is 2.29. The average Bonchev–Trinajstić information content (AvgIpc) is 3.80. The molecule has 4 N–H and O–H groups in total. The average molecular weight is 863 g/mol. The van der Waals surface area contributed by atoms with Crippen molar-refractivity contribution in [1.82, 2.24) is 20.5 Å². The third-order valence-electron chi connectivity index (χ3n) is 10.8. The molecule has 4 aromatic rings. The summed E-state index contributed by atoms with van der Waals surface area (Å²) in [7, 11) is 0. The lowest BCUT2D eigenvalue weighted by atomic mass is 9.94. The van der Waals surface area contributed by atoms with E-state index < -0.39 is 11.7 Å². The van der Waals surface area contributed by atoms with Gasteiger partial charge in [-0.25, -0.2) is 4.98 Å². The Bertz CT molecular complexity index is 2280. The molecular formula is C43H45ClF2N6O7S. The first kappa shape index (κ1) is 42.5. The molecule has 0 atom stereocenters. The topological polar surface area (TPSA) is 168 Å². The number of fused-ring (bicyclic) bond motifs is 1. The molecular weight excluding hydrogens is 818 g/mol. The largest absolute Gasteiger partial charge is 0.586 e. The molecule has 0 unspecified atom stereocenters. The lowest BCUT2D eigenvalue weighted by Gasteiger charge is -2.37. The quantitative estimate of drug-likeness (QED) is 0.0627. The van der Waals surface area contributed by atoms with Gasteiger partial charge in [0, 0.05) is 48.6 Å². The lowest BCUT2D eigenvalue weighted by molar-refractivity contribution is -0.286. The van der Waals surface area contributed by atoms with E-state index >= 15 is 0 Å². The van der Waals surface area contributed by atoms with E-state index in [4.69, 9.17) is 16.6 Å². The zero-order valence-electron chi connectivity index (χ0n) is 32.9. The first-order valence-electron chi connectivity index (χ1n) is 19.9. The molecule has 0 bridgehead atoms. The molecule has 2 aromatic heterocycles. The highest BCUT2D eigenvalue weighted by atomic mass is 35.5. The minimum atomic E-state index is -3.74. The highest BCUT2D eigenvalue weighted by Gasteiger charge is 2.53. The highest BCUT2D eigenvalue weighted by molar-refractivity contribution is 7.16. The maximum absolute atomic E-state index is 13.6. The Morgan fingerprint density at radius 1 is 0.883 bits per heavy atom. The molecule has 316 valence electrons. The molecule has 13 nitrogen and oxygen atoms in total. The van der Waals surface area contributed by atoms with E-state index in [1.807, 2.05) is 31.2 Å². The Morgan fingerprint density at radius 3 is 2.38 bits per heavy atom. The van der Waals surface area contributed by atoms with E-state index in [-0.39, 0.29) is 52.8 Å². The summed E-state index contributed by atoms with van der Waals surface area (Å²) in [4.78, 5) is 70.2. The third kappa shape index (κ3) is 10.2. The molecule has 0 spiro atoms. The number of amides is 5. The Kier molecular flexibility index (Phi) is 13.0. The number of alkyl halides is 3. The van der Waals surface area contributed by atoms with Crippen molar-refractivity contribution in [2.24, 2.45) is 5.92 Å². The van der Waals surface area contributed by atoms with Gasteiger partial charge in [0.05, 0.1) is 22.0 Å². The van der Waals surface area contributed by atoms with Crippen LogP contribution in [0.5, 0.6) is 11.5 Å². The molecule has 2 fully saturated rings. The van der Waals surface area contributed by atoms with Crippen molar-refractivity contribution in [3.63, 3.8) is 0 Å². The number of thiophene rings is 1. The first-order chi connectivity index (χ1) is 28.8. The van der Waals surface area contributed by atoms with Crippen LogP contribution in [-0.4, -0.2) is 77.8 Å². The Hall–Kier alpha value is -5.61. The minimum absolute atomic E-state index is 0.0355. The van der Waals surface area contributed by atoms with E-state index in [0.717, 1.165) is 36.1 Å². The molecule has 1 saturated carbocycles. The zero-order chi connectivity index (χ0) is 42.4. The van der Waals surface area contributed by atoms with E-state index in [2.05, 4.69) is 30.7 Å². The summed E-state index contributed by atoms with van der Waals surface area (Å²) in [5, 5.41) is 12.4. The third-order valence-corrected chi connectivity index (χ3v) is 12.1. The molecule has 0 radical (unpaired) electrons. The van der Waals surface area contributed by atoms with Gasteiger partial charge in [0.15, 0.2) is 11.5 Å². The van der Waals surface area contributed by atoms with Gasteiger partial charge in [-0.3, -0.25) is 24.0 Å². The number of carbonyl (C=O) groups excluding carboxylic acids is 5. The van der Waals surface area contributed by atoms with Crippen LogP contribution in [0.15, 0.2) is 66.7 Å². The van der Waals surface area contributed by atoms with Gasteiger partial charge in [0.2, 0.25) is 23.6 Å². The highest BCUT2D eigenvalue weighted by Crippen LogP contribution is 2.52. The molecule has 7 rings (SSSR count). The monoisotopic (exact) mass is 862 g/mol. The number of aromatic nitrogens is 1. The fraction of sp³-hybridized carbons (Fsp3) is 0.395. The molecule has 2 aromatic carbocycles. The fourth-order valence-corrected chi connectivity index (χ4v) is 8.23. The number of anilines is 2. The van der Waals surface area contributed by atoms with Crippen LogP contribution in [-0.2, 0) is 31.0 Å². The molecule has 60 heavy (non-hydrogen) atoms. The van der Waals surface area contributed by atoms with E-state index in [1.54, 1.807) is 35.2 Å². The van der Waals surface area contributed by atoms with Crippen LogP contribution < -0.4 is 30.7 Å². The number of aryl methyl sites for hydroxylation is 2. The number of likely N-dealkylation sites (tertiary alicyclic amines) is 1. The molecule has 2 aliphatic heterocycles. The summed E-state index contributed by atoms with van der Waals surface area (Å²) in [6.45, 7) is 3.70. The van der Waals surface area contributed by atoms with Crippen molar-refractivity contribution in [2.45, 2.75) is 70.0 Å². The van der Waals surface area contributed by atoms with Crippen molar-refractivity contribution in [1.29, 1.82) is 0 Å². The number of rotatable bonds is 18. The van der Waals surface area contributed by atoms with Crippen molar-refractivity contribution in [3.8, 4) is 22.8 Å². The number of unbranched alkanes of at least 4 members (excludes halogenated alkanes) is 3. The van der Waals surface area contributed by atoms with Gasteiger partial charge in [-0.1, -0.05) is 37.1 Å². The van der Waals surface area contributed by atoms with Gasteiger partial charge in [-0.15, -0.1) is 31.7 Å². The number of pyridine rings is 1. The van der Waals surface area contributed by atoms with Crippen LogP contribution in [0.3, 0.4) is 0 Å². The molecule has 4 heterocycles. The number of benzene rings is 2. The maximum atomic E-state index is 13.6. The second-order valence-corrected chi connectivity index (χ2v) is 16.6. The van der Waals surface area contributed by atoms with Crippen LogP contribution in [0.2, 0.25) is 0 Å². The Labute approximate surface area is 354 Å². The van der Waals surface area contributed by atoms with Crippen LogP contribution in [0.25, 0.3) is 11.3 Å². The van der Waals surface area contributed by atoms with Gasteiger partial charge < -0.3 is 35.6 Å². The predicted octanol–water partition coefficient (Wildman–Crippen LogP) is 6.79. The maximum Gasteiger partial charge on any atom is 0.586 e. The van der Waals surface area contributed by atoms with E-state index in [9.17, 15) is 32.8 Å². The second-order valence-electron chi connectivity index (χ2n) is 15.2. The molecule has 17 heteroatoms. The predicted molar refractivity (Wildman–Crippen MR) is 222 cm³/mol. The van der Waals surface area contributed by atoms with Crippen molar-refractivity contribution >= 4 is 63.3 Å². The van der Waals surface area contributed by atoms with Crippen molar-refractivity contribution in [3.05, 3.63) is 88.3 Å². The summed E-state index contributed by atoms with van der Waals surface area (Å²) in [6.07, 6.45) is 1.62. The van der Waals surface area contributed by atoms with Gasteiger partial charge >= 0.3 is 6.29 Å². The van der Waals surface area contributed by atoms with Crippen LogP contribution >= 0.6 is 22.9 Å². The van der Waals surface area contributed by atoms with E-state index in [0.29, 0.717) is 85.1 Å². The smallest absolute Gasteiger partial charge is 0.395 e. The number of hydrogen-bond acceptors (Lipinski definition) is 9. The molecule has 1 saturated heterocycles. The van der Waals surface area contributed by atoms with Gasteiger partial charge in [-0.05, 0) is 92.6 Å². The van der Waals surface area contributed by atoms with Crippen LogP contribution in [0.1, 0.15) is 71.3 Å². The standard InChI is InChI=1S/C43H45ClF2N6O7S/c1-26-9-14-34(50-41(57)42(17-18-42)30-10-13-32-33(22-30)59-43(45,46)58-32)49-38(26)27-7-6-8-28(21-27)39(55)48-20-5-3-2-4-19-47-35(53)15-11-31-12-16-36(60-31)51-40(56)29-24-52(25-29)37(54)23-44/h6-10,12-14,16,21-22,29H,2-5,11,15,17-20,23-25H2,1H3,(H,47,53)(H,48,55)(H,51,56)(H,49,50,57). The van der Waals surface area contributed by atoms with Crippen molar-refractivity contribution in [2.75, 3.05) is 42.7 Å². The normalized spacial score (nSPS) is 15.8. The Morgan fingerprint density at radius 2 is 1.63 bits per heavy atom. The summed E-state index contributed by atoms with van der Waals surface area (Å²) < 4.78 is 36.2. The number of nitrogens with zero attached hydrogens (tertiary/aromatic N) is 2. The molecule has 1 aliphatic carbocycles. The first-order valence-corrected chi connectivity index (χ1v) is 21.3. The second kappa shape index (κ2) is 18.3. The van der Waals surface area contributed by atoms with Gasteiger partial charge in [0.1, 0.15) is 11.7 Å². The number of hydrogen-bond donors (Lipinski definition) is 4. The van der Waals surface area contributed by atoms with E-state index in [1.165, 1.54) is 23.5 Å². The van der Waals surface area contributed by atoms with Gasteiger partial charge in [0.25, 0.3) is 5.91 Å². The van der Waals surface area contributed by atoms with Crippen LogP contribution in [0, 0.1) is 12.8 Å². The SMILES string of the molecule is Cc1ccc(NC(=O)C2(c3ccc4c(c3)OC(F)(F)O4)CC2)nc1-c1cccc(C(=O)NCCCCCCNC(=O)CCc2ccc(NC(=O)C3CN(C(=O)CCl)C3)s2)c1. The number of halogens is 3. The van der Waals surface area contributed by atoms with Crippen LogP contribution in [0.4, 0.5) is 19.6 Å².